The summed E-state index contributed by atoms with van der Waals surface area (Å²) in [6.45, 7) is 7.77. The van der Waals surface area contributed by atoms with Gasteiger partial charge in [-0.1, -0.05) is 26.2 Å². The van der Waals surface area contributed by atoms with Gasteiger partial charge >= 0.3 is 0 Å². The first kappa shape index (κ1) is 24.6. The number of carbonyl (C=O) groups excluding carboxylic acids is 2. The summed E-state index contributed by atoms with van der Waals surface area (Å²) in [6, 6.07) is 13.2. The molecule has 0 aliphatic carbocycles. The minimum absolute atomic E-state index is 0.0811. The fourth-order valence-electron chi connectivity index (χ4n) is 5.42. The molecule has 2 aromatic rings. The van der Waals surface area contributed by atoms with Crippen molar-refractivity contribution in [2.24, 2.45) is 0 Å². The lowest BCUT2D eigenvalue weighted by molar-refractivity contribution is -1.02. The van der Waals surface area contributed by atoms with Crippen LogP contribution in [0.15, 0.2) is 42.5 Å². The van der Waals surface area contributed by atoms with E-state index in [9.17, 15) is 9.59 Å². The quantitative estimate of drug-likeness (QED) is 0.380. The second-order valence-corrected chi connectivity index (χ2v) is 10.00. The molecule has 2 aromatic carbocycles. The molecule has 0 radical (unpaired) electrons. The van der Waals surface area contributed by atoms with Crippen LogP contribution in [0.4, 0.5) is 5.69 Å². The predicted octanol–water partition coefficient (Wildman–Crippen LogP) is 0.990. The third kappa shape index (κ3) is 5.50. The Morgan fingerprint density at radius 2 is 1.72 bits per heavy atom. The number of fused-ring (bicyclic) bond motifs is 1. The standard InChI is InChI=1S/C28H35N3O5/c1-2-3-4-5-16-34-23-9-7-22(8-10-23)31-27(32)18-24(28(31)33)30-14-12-29(13-15-30)19-21-6-11-25-26(17-21)36-20-35-25/h6-11,17,24H,2-5,12-16,18-20H2,1H3/p+2/t24-/m1/s1. The SMILES string of the molecule is CCCCCCOc1ccc(N2C(=O)C[C@@H]([NH+]3CC[NH+](Cc4ccc5c(c4)OCO5)CC3)C2=O)cc1. The summed E-state index contributed by atoms with van der Waals surface area (Å²) in [4.78, 5) is 30.2. The Balaban J connectivity index is 1.12. The Morgan fingerprint density at radius 1 is 0.944 bits per heavy atom. The molecule has 36 heavy (non-hydrogen) atoms. The highest BCUT2D eigenvalue weighted by Gasteiger charge is 2.47. The van der Waals surface area contributed by atoms with Crippen molar-refractivity contribution in [2.45, 2.75) is 51.6 Å². The number of anilines is 1. The first-order valence-electron chi connectivity index (χ1n) is 13.3. The van der Waals surface area contributed by atoms with Crippen LogP contribution < -0.4 is 28.9 Å². The molecule has 0 aromatic heterocycles. The van der Waals surface area contributed by atoms with Crippen molar-refractivity contribution >= 4 is 17.5 Å². The van der Waals surface area contributed by atoms with Crippen molar-refractivity contribution in [3.05, 3.63) is 48.0 Å². The zero-order valence-electron chi connectivity index (χ0n) is 21.1. The first-order valence-corrected chi connectivity index (χ1v) is 13.3. The van der Waals surface area contributed by atoms with Crippen LogP contribution in [0.3, 0.4) is 0 Å². The molecule has 0 saturated carbocycles. The van der Waals surface area contributed by atoms with Gasteiger partial charge in [-0.3, -0.25) is 9.59 Å². The third-order valence-corrected chi connectivity index (χ3v) is 7.49. The summed E-state index contributed by atoms with van der Waals surface area (Å²) in [6.07, 6.45) is 4.91. The molecule has 3 aliphatic rings. The number of hydrogen-bond acceptors (Lipinski definition) is 5. The molecule has 2 saturated heterocycles. The van der Waals surface area contributed by atoms with E-state index in [0.29, 0.717) is 12.3 Å². The van der Waals surface area contributed by atoms with Gasteiger partial charge in [0, 0.05) is 5.56 Å². The normalized spacial score (nSPS) is 23.4. The average molecular weight is 496 g/mol. The van der Waals surface area contributed by atoms with E-state index in [1.165, 1.54) is 39.5 Å². The Labute approximate surface area is 212 Å². The summed E-state index contributed by atoms with van der Waals surface area (Å²) in [5, 5.41) is 0. The summed E-state index contributed by atoms with van der Waals surface area (Å²) in [5.41, 5.74) is 1.86. The maximum absolute atomic E-state index is 13.3. The highest BCUT2D eigenvalue weighted by atomic mass is 16.7. The second kappa shape index (κ2) is 11.3. The van der Waals surface area contributed by atoms with Gasteiger partial charge in [0.2, 0.25) is 12.7 Å². The van der Waals surface area contributed by atoms with Crippen LogP contribution in [-0.4, -0.2) is 57.4 Å². The van der Waals surface area contributed by atoms with Gasteiger partial charge in [-0.05, 0) is 48.9 Å². The van der Waals surface area contributed by atoms with Crippen LogP contribution in [-0.2, 0) is 16.1 Å². The van der Waals surface area contributed by atoms with E-state index < -0.39 is 0 Å². The van der Waals surface area contributed by atoms with Crippen LogP contribution in [0.5, 0.6) is 17.2 Å². The maximum atomic E-state index is 13.3. The van der Waals surface area contributed by atoms with Gasteiger partial charge in [-0.15, -0.1) is 0 Å². The lowest BCUT2D eigenvalue weighted by Gasteiger charge is -2.32. The smallest absolute Gasteiger partial charge is 0.292 e. The molecule has 2 N–H and O–H groups in total. The molecule has 1 atom stereocenters. The minimum Gasteiger partial charge on any atom is -0.494 e. The second-order valence-electron chi connectivity index (χ2n) is 10.00. The van der Waals surface area contributed by atoms with E-state index in [0.717, 1.165) is 56.4 Å². The Morgan fingerprint density at radius 3 is 2.50 bits per heavy atom. The number of benzene rings is 2. The Bertz CT molecular complexity index is 1070. The van der Waals surface area contributed by atoms with E-state index >= 15 is 0 Å². The van der Waals surface area contributed by atoms with E-state index in [-0.39, 0.29) is 31.1 Å². The number of quaternary nitrogens is 2. The fourth-order valence-corrected chi connectivity index (χ4v) is 5.42. The number of carbonyl (C=O) groups is 2. The molecule has 8 heteroatoms. The number of hydrogen-bond donors (Lipinski definition) is 2. The molecule has 5 rings (SSSR count). The molecule has 2 fully saturated rings. The number of amides is 2. The summed E-state index contributed by atoms with van der Waals surface area (Å²) in [5.74, 6) is 2.21. The topological polar surface area (TPSA) is 73.9 Å². The van der Waals surface area contributed by atoms with E-state index in [1.807, 2.05) is 30.3 Å². The third-order valence-electron chi connectivity index (χ3n) is 7.49. The van der Waals surface area contributed by atoms with Crippen molar-refractivity contribution in [1.29, 1.82) is 0 Å². The van der Waals surface area contributed by atoms with Crippen molar-refractivity contribution in [3.8, 4) is 17.2 Å². The van der Waals surface area contributed by atoms with Crippen molar-refractivity contribution in [1.82, 2.24) is 0 Å². The molecule has 0 spiro atoms. The van der Waals surface area contributed by atoms with Gasteiger partial charge in [0.05, 0.1) is 18.7 Å². The van der Waals surface area contributed by atoms with Crippen LogP contribution in [0.25, 0.3) is 0 Å². The fraction of sp³-hybridized carbons (Fsp3) is 0.500. The summed E-state index contributed by atoms with van der Waals surface area (Å²) >= 11 is 0. The van der Waals surface area contributed by atoms with E-state index in [2.05, 4.69) is 19.1 Å². The van der Waals surface area contributed by atoms with Crippen molar-refractivity contribution in [3.63, 3.8) is 0 Å². The zero-order chi connectivity index (χ0) is 24.9. The number of imide groups is 1. The lowest BCUT2D eigenvalue weighted by atomic mass is 10.1. The Kier molecular flexibility index (Phi) is 7.72. The predicted molar refractivity (Wildman–Crippen MR) is 135 cm³/mol. The first-order chi connectivity index (χ1) is 17.6. The molecular weight excluding hydrogens is 458 g/mol. The number of unbranched alkanes of at least 4 members (excludes halogenated alkanes) is 3. The number of nitrogens with one attached hydrogen (secondary N) is 2. The van der Waals surface area contributed by atoms with Crippen molar-refractivity contribution in [2.75, 3.05) is 44.5 Å². The minimum atomic E-state index is -0.293. The van der Waals surface area contributed by atoms with Gasteiger partial charge in [0.15, 0.2) is 17.5 Å². The van der Waals surface area contributed by atoms with Crippen LogP contribution >= 0.6 is 0 Å². The largest absolute Gasteiger partial charge is 0.494 e. The van der Waals surface area contributed by atoms with Crippen LogP contribution in [0.2, 0.25) is 0 Å². The highest BCUT2D eigenvalue weighted by molar-refractivity contribution is 6.21. The average Bonchev–Trinajstić information content (AvgIpc) is 3.48. The molecule has 3 aliphatic heterocycles. The summed E-state index contributed by atoms with van der Waals surface area (Å²) in [7, 11) is 0. The van der Waals surface area contributed by atoms with Crippen LogP contribution in [0, 0.1) is 0 Å². The Hall–Kier alpha value is -3.10. The van der Waals surface area contributed by atoms with Crippen LogP contribution in [0.1, 0.15) is 44.6 Å². The van der Waals surface area contributed by atoms with Gasteiger partial charge in [-0.25, -0.2) is 4.90 Å². The molecule has 0 bridgehead atoms. The molecule has 192 valence electrons. The lowest BCUT2D eigenvalue weighted by Crippen LogP contribution is -3.29. The monoisotopic (exact) mass is 495 g/mol. The number of nitrogens with zero attached hydrogens (tertiary/aromatic N) is 1. The number of rotatable bonds is 10. The number of piperazine rings is 1. The van der Waals surface area contributed by atoms with Crippen molar-refractivity contribution < 1.29 is 33.6 Å². The van der Waals surface area contributed by atoms with Gasteiger partial charge in [0.1, 0.15) is 38.5 Å². The summed E-state index contributed by atoms with van der Waals surface area (Å²) < 4.78 is 16.7. The molecule has 3 heterocycles. The molecule has 0 unspecified atom stereocenters. The van der Waals surface area contributed by atoms with E-state index in [4.69, 9.17) is 14.2 Å². The molecular formula is C28H37N3O5+2. The van der Waals surface area contributed by atoms with Gasteiger partial charge in [-0.2, -0.15) is 0 Å². The molecule has 8 nitrogen and oxygen atoms in total. The van der Waals surface area contributed by atoms with Gasteiger partial charge < -0.3 is 24.0 Å². The highest BCUT2D eigenvalue weighted by Crippen LogP contribution is 2.32. The maximum Gasteiger partial charge on any atom is 0.292 e. The van der Waals surface area contributed by atoms with Gasteiger partial charge in [0.25, 0.3) is 5.91 Å². The zero-order valence-corrected chi connectivity index (χ0v) is 21.1. The molecule has 2 amide bonds. The van der Waals surface area contributed by atoms with E-state index in [1.54, 1.807) is 0 Å². The number of ether oxygens (including phenoxy) is 3.